The van der Waals surface area contributed by atoms with Crippen LogP contribution in [0.2, 0.25) is 0 Å². The molecule has 0 fully saturated rings. The van der Waals surface area contributed by atoms with Gasteiger partial charge < -0.3 is 14.4 Å². The SMILES string of the molecule is CCCOC(Cc1ccc(CCCn2c3sccc3c3ccsc32)cc1)C(=O)O. The number of carbonyl (C=O) groups is 1. The monoisotopic (exact) mass is 427 g/mol. The van der Waals surface area contributed by atoms with Gasteiger partial charge in [0.15, 0.2) is 6.10 Å². The number of rotatable bonds is 10. The summed E-state index contributed by atoms with van der Waals surface area (Å²) in [6.45, 7) is 3.46. The third-order valence-electron chi connectivity index (χ3n) is 5.16. The third kappa shape index (κ3) is 4.39. The number of thiophene rings is 2. The van der Waals surface area contributed by atoms with Crippen LogP contribution >= 0.6 is 22.7 Å². The number of benzene rings is 1. The van der Waals surface area contributed by atoms with E-state index in [9.17, 15) is 9.90 Å². The van der Waals surface area contributed by atoms with Crippen molar-refractivity contribution in [2.24, 2.45) is 0 Å². The van der Waals surface area contributed by atoms with Gasteiger partial charge in [0.25, 0.3) is 0 Å². The van der Waals surface area contributed by atoms with Gasteiger partial charge in [0, 0.05) is 30.3 Å². The predicted molar refractivity (Wildman–Crippen MR) is 121 cm³/mol. The molecule has 1 N–H and O–H groups in total. The first-order chi connectivity index (χ1) is 14.2. The Morgan fingerprint density at radius 3 is 2.24 bits per heavy atom. The van der Waals surface area contributed by atoms with E-state index in [-0.39, 0.29) is 0 Å². The number of fused-ring (bicyclic) bond motifs is 3. The fraction of sp³-hybridized carbons (Fsp3) is 0.348. The highest BCUT2D eigenvalue weighted by atomic mass is 32.1. The maximum absolute atomic E-state index is 11.4. The van der Waals surface area contributed by atoms with E-state index >= 15 is 0 Å². The van der Waals surface area contributed by atoms with Crippen LogP contribution in [0.25, 0.3) is 20.4 Å². The molecule has 0 amide bonds. The molecule has 152 valence electrons. The van der Waals surface area contributed by atoms with E-state index in [1.54, 1.807) is 0 Å². The third-order valence-corrected chi connectivity index (χ3v) is 7.03. The predicted octanol–water partition coefficient (Wildman–Crippen LogP) is 5.97. The van der Waals surface area contributed by atoms with E-state index in [4.69, 9.17) is 4.74 Å². The number of aliphatic carboxylic acids is 1. The van der Waals surface area contributed by atoms with E-state index in [1.807, 2.05) is 41.7 Å². The van der Waals surface area contributed by atoms with Gasteiger partial charge in [-0.1, -0.05) is 31.2 Å². The lowest BCUT2D eigenvalue weighted by Gasteiger charge is -2.13. The van der Waals surface area contributed by atoms with Crippen LogP contribution in [0.3, 0.4) is 0 Å². The van der Waals surface area contributed by atoms with E-state index in [0.717, 1.165) is 31.4 Å². The fourth-order valence-electron chi connectivity index (χ4n) is 3.70. The molecule has 29 heavy (non-hydrogen) atoms. The molecular formula is C23H25NO3S2. The molecule has 1 atom stereocenters. The number of aryl methyl sites for hydroxylation is 2. The van der Waals surface area contributed by atoms with E-state index in [0.29, 0.717) is 13.0 Å². The van der Waals surface area contributed by atoms with E-state index in [2.05, 4.69) is 39.6 Å². The van der Waals surface area contributed by atoms with Crippen molar-refractivity contribution in [2.45, 2.75) is 45.3 Å². The van der Waals surface area contributed by atoms with Crippen molar-refractivity contribution in [1.82, 2.24) is 4.57 Å². The van der Waals surface area contributed by atoms with Crippen LogP contribution in [0.4, 0.5) is 0 Å². The molecule has 1 aromatic carbocycles. The number of carboxylic acids is 1. The van der Waals surface area contributed by atoms with Crippen LogP contribution in [0.1, 0.15) is 30.9 Å². The minimum atomic E-state index is -0.894. The van der Waals surface area contributed by atoms with Crippen molar-refractivity contribution in [1.29, 1.82) is 0 Å². The Labute approximate surface area is 178 Å². The Hall–Kier alpha value is -2.15. The summed E-state index contributed by atoms with van der Waals surface area (Å²) in [5.41, 5.74) is 2.29. The normalized spacial score (nSPS) is 12.7. The van der Waals surface area contributed by atoms with Crippen molar-refractivity contribution in [2.75, 3.05) is 6.61 Å². The largest absolute Gasteiger partial charge is 0.479 e. The number of hydrogen-bond donors (Lipinski definition) is 1. The molecule has 4 rings (SSSR count). The molecule has 0 radical (unpaired) electrons. The second kappa shape index (κ2) is 9.11. The highest BCUT2D eigenvalue weighted by Crippen LogP contribution is 2.35. The molecule has 3 aromatic heterocycles. The van der Waals surface area contributed by atoms with Gasteiger partial charge in [-0.05, 0) is 53.3 Å². The highest BCUT2D eigenvalue weighted by Gasteiger charge is 2.18. The highest BCUT2D eigenvalue weighted by molar-refractivity contribution is 7.19. The first-order valence-electron chi connectivity index (χ1n) is 10.0. The molecule has 6 heteroatoms. The van der Waals surface area contributed by atoms with E-state index in [1.165, 1.54) is 26.0 Å². The molecule has 0 aliphatic heterocycles. The van der Waals surface area contributed by atoms with Gasteiger partial charge in [-0.3, -0.25) is 0 Å². The Balaban J connectivity index is 1.36. The van der Waals surface area contributed by atoms with Crippen molar-refractivity contribution >= 4 is 49.1 Å². The standard InChI is InChI=1S/C23H25NO3S2/c1-2-12-27-20(23(25)26)15-17-7-5-16(6-8-17)4-3-11-24-21-18(9-13-28-21)19-10-14-29-22(19)24/h5-10,13-14,20H,2-4,11-12,15H2,1H3,(H,25,26). The average molecular weight is 428 g/mol. The lowest BCUT2D eigenvalue weighted by Crippen LogP contribution is -2.26. The number of nitrogens with zero attached hydrogens (tertiary/aromatic N) is 1. The summed E-state index contributed by atoms with van der Waals surface area (Å²) < 4.78 is 7.90. The lowest BCUT2D eigenvalue weighted by molar-refractivity contribution is -0.150. The Kier molecular flexibility index (Phi) is 6.33. The van der Waals surface area contributed by atoms with Crippen LogP contribution in [-0.4, -0.2) is 28.4 Å². The van der Waals surface area contributed by atoms with Crippen LogP contribution in [-0.2, 0) is 28.9 Å². The number of carboxylic acid groups (broad SMARTS) is 1. The maximum atomic E-state index is 11.4. The van der Waals surface area contributed by atoms with Crippen molar-refractivity contribution in [3.63, 3.8) is 0 Å². The summed E-state index contributed by atoms with van der Waals surface area (Å²) >= 11 is 3.63. The molecule has 4 aromatic rings. The lowest BCUT2D eigenvalue weighted by atomic mass is 10.0. The van der Waals surface area contributed by atoms with Crippen LogP contribution < -0.4 is 0 Å². The summed E-state index contributed by atoms with van der Waals surface area (Å²) in [5, 5.41) is 16.4. The van der Waals surface area contributed by atoms with Crippen LogP contribution in [0, 0.1) is 0 Å². The molecule has 0 bridgehead atoms. The molecule has 1 unspecified atom stereocenters. The zero-order valence-electron chi connectivity index (χ0n) is 16.5. The molecule has 0 saturated carbocycles. The molecular weight excluding hydrogens is 402 g/mol. The summed E-state index contributed by atoms with van der Waals surface area (Å²) in [5.74, 6) is -0.894. The second-order valence-corrected chi connectivity index (χ2v) is 9.04. The smallest absolute Gasteiger partial charge is 0.333 e. The van der Waals surface area contributed by atoms with Gasteiger partial charge in [0.05, 0.1) is 0 Å². The zero-order chi connectivity index (χ0) is 20.2. The quantitative estimate of drug-likeness (QED) is 0.339. The molecule has 3 heterocycles. The average Bonchev–Trinajstić information content (AvgIpc) is 3.42. The number of hydrogen-bond acceptors (Lipinski definition) is 4. The molecule has 0 spiro atoms. The van der Waals surface area contributed by atoms with Crippen molar-refractivity contribution in [3.8, 4) is 0 Å². The van der Waals surface area contributed by atoms with Gasteiger partial charge in [-0.2, -0.15) is 0 Å². The summed E-state index contributed by atoms with van der Waals surface area (Å²) in [6, 6.07) is 12.7. The van der Waals surface area contributed by atoms with Crippen molar-refractivity contribution < 1.29 is 14.6 Å². The van der Waals surface area contributed by atoms with Gasteiger partial charge in [0.1, 0.15) is 9.66 Å². The Morgan fingerprint density at radius 2 is 1.66 bits per heavy atom. The van der Waals surface area contributed by atoms with Gasteiger partial charge in [-0.25, -0.2) is 4.79 Å². The molecule has 0 aliphatic rings. The van der Waals surface area contributed by atoms with Gasteiger partial charge in [-0.15, -0.1) is 22.7 Å². The number of aromatic nitrogens is 1. The molecule has 0 aliphatic carbocycles. The second-order valence-electron chi connectivity index (χ2n) is 7.25. The minimum absolute atomic E-state index is 0.408. The van der Waals surface area contributed by atoms with Gasteiger partial charge >= 0.3 is 5.97 Å². The fourth-order valence-corrected chi connectivity index (χ4v) is 5.65. The van der Waals surface area contributed by atoms with Crippen molar-refractivity contribution in [3.05, 3.63) is 58.3 Å². The van der Waals surface area contributed by atoms with Gasteiger partial charge in [0.2, 0.25) is 0 Å². The summed E-state index contributed by atoms with van der Waals surface area (Å²) in [6.07, 6.45) is 2.54. The molecule has 4 nitrogen and oxygen atoms in total. The number of ether oxygens (including phenoxy) is 1. The molecule has 0 saturated heterocycles. The zero-order valence-corrected chi connectivity index (χ0v) is 18.1. The first-order valence-corrected chi connectivity index (χ1v) is 11.8. The Morgan fingerprint density at radius 1 is 1.03 bits per heavy atom. The first kappa shape index (κ1) is 20.1. The summed E-state index contributed by atoms with van der Waals surface area (Å²) in [4.78, 5) is 14.1. The minimum Gasteiger partial charge on any atom is -0.479 e. The Bertz CT molecular complexity index is 1040. The topological polar surface area (TPSA) is 51.5 Å². The van der Waals surface area contributed by atoms with Crippen LogP contribution in [0.15, 0.2) is 47.2 Å². The summed E-state index contributed by atoms with van der Waals surface area (Å²) in [7, 11) is 0. The van der Waals surface area contributed by atoms with Crippen LogP contribution in [0.5, 0.6) is 0 Å². The maximum Gasteiger partial charge on any atom is 0.333 e. The van der Waals surface area contributed by atoms with E-state index < -0.39 is 12.1 Å².